The summed E-state index contributed by atoms with van der Waals surface area (Å²) in [5.74, 6) is 1.26. The summed E-state index contributed by atoms with van der Waals surface area (Å²) in [5, 5.41) is 0. The number of benzene rings is 2. The van der Waals surface area contributed by atoms with Gasteiger partial charge in [-0.3, -0.25) is 4.79 Å². The van der Waals surface area contributed by atoms with Gasteiger partial charge in [-0.1, -0.05) is 12.1 Å². The van der Waals surface area contributed by atoms with Crippen molar-refractivity contribution in [2.24, 2.45) is 0 Å². The van der Waals surface area contributed by atoms with Gasteiger partial charge in [0.2, 0.25) is 0 Å². The Morgan fingerprint density at radius 2 is 1.29 bits per heavy atom. The number of hydrogen-bond donors (Lipinski definition) is 0. The Bertz CT molecular complexity index is 730. The lowest BCUT2D eigenvalue weighted by Crippen LogP contribution is -2.12. The maximum absolute atomic E-state index is 12.8. The lowest BCUT2D eigenvalue weighted by molar-refractivity contribution is 0.103. The molecule has 0 aliphatic rings. The fourth-order valence-electron chi connectivity index (χ4n) is 2.40. The zero-order valence-electron chi connectivity index (χ0n) is 15.3. The maximum Gasteiger partial charge on any atom is 0.193 e. The van der Waals surface area contributed by atoms with Crippen molar-refractivity contribution >= 4 is 5.78 Å². The average Bonchev–Trinajstić information content (AvgIpc) is 2.50. The second kappa shape index (κ2) is 7.52. The molecule has 0 radical (unpaired) electrons. The summed E-state index contributed by atoms with van der Waals surface area (Å²) in [6.07, 6.45) is 0.0484. The monoisotopic (exact) mass is 326 g/mol. The molecule has 3 heteroatoms. The molecule has 0 bridgehead atoms. The van der Waals surface area contributed by atoms with E-state index in [1.807, 2.05) is 65.8 Å². The van der Waals surface area contributed by atoms with Crippen molar-refractivity contribution in [1.82, 2.24) is 0 Å². The predicted octanol–water partition coefficient (Wildman–Crippen LogP) is 5.11. The number of ether oxygens (including phenoxy) is 2. The second-order valence-electron chi connectivity index (χ2n) is 6.62. The van der Waals surface area contributed by atoms with E-state index in [0.717, 1.165) is 5.56 Å². The first-order chi connectivity index (χ1) is 11.3. The molecule has 0 atom stereocenters. The molecule has 0 N–H and O–H groups in total. The third-order valence-electron chi connectivity index (χ3n) is 3.70. The molecule has 128 valence electrons. The smallest absolute Gasteiger partial charge is 0.193 e. The first-order valence-electron chi connectivity index (χ1n) is 8.37. The summed E-state index contributed by atoms with van der Waals surface area (Å²) < 4.78 is 11.6. The zero-order chi connectivity index (χ0) is 17.9. The highest BCUT2D eigenvalue weighted by molar-refractivity contribution is 6.09. The molecule has 2 aromatic rings. The van der Waals surface area contributed by atoms with E-state index in [1.165, 1.54) is 5.56 Å². The molecule has 2 rings (SSSR count). The molecule has 0 saturated heterocycles. The average molecular weight is 326 g/mol. The van der Waals surface area contributed by atoms with Crippen LogP contribution in [-0.4, -0.2) is 18.0 Å². The summed E-state index contributed by atoms with van der Waals surface area (Å²) in [6, 6.07) is 11.2. The third kappa shape index (κ3) is 4.38. The standard InChI is InChI=1S/C21H26O3/c1-13(2)23-19-10-9-18(12-20(19)24-14(3)4)21(22)17-8-7-15(5)16(6)11-17/h7-14H,1-6H3. The van der Waals surface area contributed by atoms with Gasteiger partial charge in [-0.2, -0.15) is 0 Å². The van der Waals surface area contributed by atoms with Gasteiger partial charge < -0.3 is 9.47 Å². The van der Waals surface area contributed by atoms with Gasteiger partial charge >= 0.3 is 0 Å². The molecule has 0 fully saturated rings. The molecule has 0 amide bonds. The van der Waals surface area contributed by atoms with E-state index in [-0.39, 0.29) is 18.0 Å². The van der Waals surface area contributed by atoms with Gasteiger partial charge in [-0.25, -0.2) is 0 Å². The van der Waals surface area contributed by atoms with Gasteiger partial charge in [0.1, 0.15) is 0 Å². The van der Waals surface area contributed by atoms with E-state index in [9.17, 15) is 4.79 Å². The molecule has 2 aromatic carbocycles. The zero-order valence-corrected chi connectivity index (χ0v) is 15.3. The first-order valence-corrected chi connectivity index (χ1v) is 8.37. The van der Waals surface area contributed by atoms with Crippen molar-refractivity contribution in [2.75, 3.05) is 0 Å². The Morgan fingerprint density at radius 3 is 1.88 bits per heavy atom. The second-order valence-corrected chi connectivity index (χ2v) is 6.62. The molecule has 3 nitrogen and oxygen atoms in total. The van der Waals surface area contributed by atoms with Crippen LogP contribution in [0.15, 0.2) is 36.4 Å². The van der Waals surface area contributed by atoms with Gasteiger partial charge in [0, 0.05) is 11.1 Å². The molecule has 0 heterocycles. The van der Waals surface area contributed by atoms with E-state index in [4.69, 9.17) is 9.47 Å². The minimum absolute atomic E-state index is 0.00600. The van der Waals surface area contributed by atoms with E-state index < -0.39 is 0 Å². The minimum Gasteiger partial charge on any atom is -0.487 e. The molecular weight excluding hydrogens is 300 g/mol. The lowest BCUT2D eigenvalue weighted by Gasteiger charge is -2.18. The fourth-order valence-corrected chi connectivity index (χ4v) is 2.40. The molecular formula is C21H26O3. The van der Waals surface area contributed by atoms with Gasteiger partial charge in [0.05, 0.1) is 12.2 Å². The van der Waals surface area contributed by atoms with E-state index in [0.29, 0.717) is 22.6 Å². The van der Waals surface area contributed by atoms with Gasteiger partial charge in [-0.05, 0) is 76.9 Å². The Labute approximate surface area is 144 Å². The van der Waals surface area contributed by atoms with Crippen LogP contribution in [0.25, 0.3) is 0 Å². The normalized spacial score (nSPS) is 11.0. The highest BCUT2D eigenvalue weighted by Gasteiger charge is 2.15. The fraction of sp³-hybridized carbons (Fsp3) is 0.381. The van der Waals surface area contributed by atoms with Crippen molar-refractivity contribution in [1.29, 1.82) is 0 Å². The van der Waals surface area contributed by atoms with Crippen LogP contribution < -0.4 is 9.47 Å². The van der Waals surface area contributed by atoms with Crippen molar-refractivity contribution in [3.8, 4) is 11.5 Å². The van der Waals surface area contributed by atoms with Crippen LogP contribution in [0.1, 0.15) is 54.7 Å². The SMILES string of the molecule is Cc1ccc(C(=O)c2ccc(OC(C)C)c(OC(C)C)c2)cc1C. The quantitative estimate of drug-likeness (QED) is 0.692. The molecule has 0 spiro atoms. The maximum atomic E-state index is 12.8. The Hall–Kier alpha value is -2.29. The number of carbonyl (C=O) groups is 1. The van der Waals surface area contributed by atoms with Crippen molar-refractivity contribution in [2.45, 2.75) is 53.8 Å². The van der Waals surface area contributed by atoms with E-state index in [1.54, 1.807) is 12.1 Å². The Morgan fingerprint density at radius 1 is 0.750 bits per heavy atom. The number of ketones is 1. The topological polar surface area (TPSA) is 35.5 Å². The number of carbonyl (C=O) groups excluding carboxylic acids is 1. The largest absolute Gasteiger partial charge is 0.487 e. The van der Waals surface area contributed by atoms with Crippen LogP contribution >= 0.6 is 0 Å². The van der Waals surface area contributed by atoms with Crippen LogP contribution in [0.3, 0.4) is 0 Å². The van der Waals surface area contributed by atoms with Crippen molar-refractivity contribution < 1.29 is 14.3 Å². The summed E-state index contributed by atoms with van der Waals surface area (Å²) in [6.45, 7) is 11.9. The van der Waals surface area contributed by atoms with E-state index in [2.05, 4.69) is 0 Å². The highest BCUT2D eigenvalue weighted by atomic mass is 16.5. The van der Waals surface area contributed by atoms with Gasteiger partial charge in [0.15, 0.2) is 17.3 Å². The molecule has 0 saturated carbocycles. The van der Waals surface area contributed by atoms with Gasteiger partial charge in [-0.15, -0.1) is 0 Å². The summed E-state index contributed by atoms with van der Waals surface area (Å²) in [7, 11) is 0. The highest BCUT2D eigenvalue weighted by Crippen LogP contribution is 2.31. The van der Waals surface area contributed by atoms with E-state index >= 15 is 0 Å². The van der Waals surface area contributed by atoms with Crippen molar-refractivity contribution in [3.63, 3.8) is 0 Å². The van der Waals surface area contributed by atoms with Crippen LogP contribution in [0.5, 0.6) is 11.5 Å². The van der Waals surface area contributed by atoms with Crippen LogP contribution in [0.2, 0.25) is 0 Å². The first kappa shape index (κ1) is 18.1. The summed E-state index contributed by atoms with van der Waals surface area (Å²) >= 11 is 0. The molecule has 0 aromatic heterocycles. The molecule has 0 aliphatic heterocycles. The molecule has 0 unspecified atom stereocenters. The van der Waals surface area contributed by atoms with Gasteiger partial charge in [0.25, 0.3) is 0 Å². The Balaban J connectivity index is 2.38. The van der Waals surface area contributed by atoms with Crippen LogP contribution in [0.4, 0.5) is 0 Å². The summed E-state index contributed by atoms with van der Waals surface area (Å²) in [5.41, 5.74) is 3.58. The minimum atomic E-state index is -0.0113. The predicted molar refractivity (Wildman–Crippen MR) is 97.3 cm³/mol. The Kier molecular flexibility index (Phi) is 5.66. The number of hydrogen-bond acceptors (Lipinski definition) is 3. The summed E-state index contributed by atoms with van der Waals surface area (Å²) in [4.78, 5) is 12.8. The number of rotatable bonds is 6. The lowest BCUT2D eigenvalue weighted by atomic mass is 9.99. The molecule has 24 heavy (non-hydrogen) atoms. The number of aryl methyl sites for hydroxylation is 2. The van der Waals surface area contributed by atoms with Crippen LogP contribution in [-0.2, 0) is 0 Å². The van der Waals surface area contributed by atoms with Crippen molar-refractivity contribution in [3.05, 3.63) is 58.7 Å². The van der Waals surface area contributed by atoms with Crippen LogP contribution in [0, 0.1) is 13.8 Å². The molecule has 0 aliphatic carbocycles. The third-order valence-corrected chi connectivity index (χ3v) is 3.70.